The van der Waals surface area contributed by atoms with Gasteiger partial charge in [0.15, 0.2) is 0 Å². The largest absolute Gasteiger partial charge is 0.370 e. The van der Waals surface area contributed by atoms with Crippen LogP contribution in [0.5, 0.6) is 0 Å². The molecule has 0 atom stereocenters. The van der Waals surface area contributed by atoms with Gasteiger partial charge in [-0.1, -0.05) is 0 Å². The zero-order chi connectivity index (χ0) is 13.7. The highest BCUT2D eigenvalue weighted by molar-refractivity contribution is 7.11. The van der Waals surface area contributed by atoms with Crippen LogP contribution >= 0.6 is 11.3 Å². The smallest absolute Gasteiger partial charge is 0.251 e. The number of aromatic nitrogens is 1. The number of aryl methyl sites for hydroxylation is 1. The normalized spacial score (nSPS) is 10.2. The van der Waals surface area contributed by atoms with E-state index in [-0.39, 0.29) is 5.91 Å². The van der Waals surface area contributed by atoms with E-state index in [4.69, 9.17) is 0 Å². The van der Waals surface area contributed by atoms with Crippen LogP contribution in [0.15, 0.2) is 30.5 Å². The Morgan fingerprint density at radius 2 is 2.21 bits per heavy atom. The van der Waals surface area contributed by atoms with E-state index in [9.17, 15) is 4.79 Å². The predicted molar refractivity (Wildman–Crippen MR) is 78.6 cm³/mol. The Balaban J connectivity index is 1.97. The maximum absolute atomic E-state index is 12.0. The van der Waals surface area contributed by atoms with Crippen molar-refractivity contribution in [1.82, 2.24) is 10.3 Å². The Morgan fingerprint density at radius 1 is 1.37 bits per heavy atom. The molecule has 2 N–H and O–H groups in total. The molecule has 100 valence electrons. The molecule has 4 nitrogen and oxygen atoms in total. The van der Waals surface area contributed by atoms with Crippen LogP contribution in [0.2, 0.25) is 0 Å². The van der Waals surface area contributed by atoms with Crippen LogP contribution < -0.4 is 10.6 Å². The van der Waals surface area contributed by atoms with E-state index in [1.54, 1.807) is 29.7 Å². The minimum atomic E-state index is -0.0763. The van der Waals surface area contributed by atoms with Crippen molar-refractivity contribution in [3.63, 3.8) is 0 Å². The van der Waals surface area contributed by atoms with Crippen molar-refractivity contribution in [2.45, 2.75) is 20.4 Å². The van der Waals surface area contributed by atoms with Crippen molar-refractivity contribution in [2.24, 2.45) is 0 Å². The number of thiophene rings is 1. The summed E-state index contributed by atoms with van der Waals surface area (Å²) in [4.78, 5) is 18.6. The molecule has 19 heavy (non-hydrogen) atoms. The van der Waals surface area contributed by atoms with E-state index in [1.165, 1.54) is 4.88 Å². The first-order chi connectivity index (χ1) is 9.19. The molecule has 0 aliphatic carbocycles. The van der Waals surface area contributed by atoms with Gasteiger partial charge in [-0.15, -0.1) is 11.3 Å². The number of hydrogen-bond acceptors (Lipinski definition) is 4. The summed E-state index contributed by atoms with van der Waals surface area (Å²) in [6.07, 6.45) is 1.64. The Kier molecular flexibility index (Phi) is 4.52. The summed E-state index contributed by atoms with van der Waals surface area (Å²) in [6, 6.07) is 7.58. The van der Waals surface area contributed by atoms with Gasteiger partial charge in [0.2, 0.25) is 0 Å². The maximum atomic E-state index is 12.0. The summed E-state index contributed by atoms with van der Waals surface area (Å²) in [5, 5.41) is 6.00. The van der Waals surface area contributed by atoms with Gasteiger partial charge >= 0.3 is 0 Å². The van der Waals surface area contributed by atoms with Gasteiger partial charge in [0.1, 0.15) is 5.82 Å². The molecule has 0 unspecified atom stereocenters. The molecule has 0 aliphatic rings. The lowest BCUT2D eigenvalue weighted by Crippen LogP contribution is -2.22. The SMILES string of the molecule is CCNc1cc(C(=O)NCc2ccc(C)s2)ccn1. The summed E-state index contributed by atoms with van der Waals surface area (Å²) in [6.45, 7) is 5.40. The highest BCUT2D eigenvalue weighted by Gasteiger charge is 2.07. The van der Waals surface area contributed by atoms with Gasteiger partial charge in [-0.05, 0) is 38.1 Å². The van der Waals surface area contributed by atoms with E-state index in [1.807, 2.05) is 13.0 Å². The van der Waals surface area contributed by atoms with Crippen LogP contribution in [-0.2, 0) is 6.54 Å². The average molecular weight is 275 g/mol. The Hall–Kier alpha value is -1.88. The summed E-state index contributed by atoms with van der Waals surface area (Å²) >= 11 is 1.70. The van der Waals surface area contributed by atoms with Crippen molar-refractivity contribution < 1.29 is 4.79 Å². The molecule has 0 bridgehead atoms. The van der Waals surface area contributed by atoms with Crippen LogP contribution in [0, 0.1) is 6.92 Å². The van der Waals surface area contributed by atoms with Crippen LogP contribution in [-0.4, -0.2) is 17.4 Å². The van der Waals surface area contributed by atoms with E-state index in [0.29, 0.717) is 12.1 Å². The lowest BCUT2D eigenvalue weighted by molar-refractivity contribution is 0.0951. The topological polar surface area (TPSA) is 54.0 Å². The first kappa shape index (κ1) is 13.5. The number of nitrogens with zero attached hydrogens (tertiary/aromatic N) is 1. The van der Waals surface area contributed by atoms with Gasteiger partial charge in [0, 0.05) is 28.1 Å². The molecule has 2 heterocycles. The lowest BCUT2D eigenvalue weighted by atomic mass is 10.2. The van der Waals surface area contributed by atoms with Crippen LogP contribution in [0.4, 0.5) is 5.82 Å². The van der Waals surface area contributed by atoms with E-state index in [2.05, 4.69) is 28.6 Å². The van der Waals surface area contributed by atoms with Gasteiger partial charge in [-0.3, -0.25) is 4.79 Å². The molecule has 0 saturated carbocycles. The van der Waals surface area contributed by atoms with Gasteiger partial charge < -0.3 is 10.6 Å². The minimum Gasteiger partial charge on any atom is -0.370 e. The fourth-order valence-corrected chi connectivity index (χ4v) is 2.53. The van der Waals surface area contributed by atoms with Gasteiger partial charge in [-0.2, -0.15) is 0 Å². The van der Waals surface area contributed by atoms with Crippen molar-refractivity contribution in [2.75, 3.05) is 11.9 Å². The Bertz CT molecular complexity index is 565. The Labute approximate surface area is 116 Å². The fraction of sp³-hybridized carbons (Fsp3) is 0.286. The number of rotatable bonds is 5. The first-order valence-electron chi connectivity index (χ1n) is 6.22. The maximum Gasteiger partial charge on any atom is 0.251 e. The molecule has 0 spiro atoms. The number of hydrogen-bond donors (Lipinski definition) is 2. The standard InChI is InChI=1S/C14H17N3OS/c1-3-15-13-8-11(6-7-16-13)14(18)17-9-12-5-4-10(2)19-12/h4-8H,3,9H2,1-2H3,(H,15,16)(H,17,18). The third kappa shape index (κ3) is 3.79. The Morgan fingerprint density at radius 3 is 2.89 bits per heavy atom. The summed E-state index contributed by atoms with van der Waals surface area (Å²) in [5.41, 5.74) is 0.624. The minimum absolute atomic E-state index is 0.0763. The number of amides is 1. The number of nitrogens with one attached hydrogen (secondary N) is 2. The number of pyridine rings is 1. The van der Waals surface area contributed by atoms with E-state index in [0.717, 1.165) is 17.2 Å². The molecule has 2 rings (SSSR count). The third-order valence-electron chi connectivity index (χ3n) is 2.60. The zero-order valence-electron chi connectivity index (χ0n) is 11.1. The van der Waals surface area contributed by atoms with Gasteiger partial charge in [0.05, 0.1) is 6.54 Å². The summed E-state index contributed by atoms with van der Waals surface area (Å²) in [5.74, 6) is 0.648. The first-order valence-corrected chi connectivity index (χ1v) is 7.04. The van der Waals surface area contributed by atoms with Gasteiger partial charge in [-0.25, -0.2) is 4.98 Å². The van der Waals surface area contributed by atoms with E-state index < -0.39 is 0 Å². The molecule has 5 heteroatoms. The van der Waals surface area contributed by atoms with Crippen LogP contribution in [0.3, 0.4) is 0 Å². The molecule has 0 aliphatic heterocycles. The highest BCUT2D eigenvalue weighted by atomic mass is 32.1. The number of carbonyl (C=O) groups is 1. The molecule has 2 aromatic rings. The third-order valence-corrected chi connectivity index (χ3v) is 3.60. The van der Waals surface area contributed by atoms with Crippen LogP contribution in [0.25, 0.3) is 0 Å². The zero-order valence-corrected chi connectivity index (χ0v) is 11.9. The lowest BCUT2D eigenvalue weighted by Gasteiger charge is -2.06. The number of anilines is 1. The molecule has 1 amide bonds. The highest BCUT2D eigenvalue weighted by Crippen LogP contribution is 2.14. The number of carbonyl (C=O) groups excluding carboxylic acids is 1. The molecule has 0 aromatic carbocycles. The van der Waals surface area contributed by atoms with Crippen molar-refractivity contribution in [3.8, 4) is 0 Å². The molecule has 0 saturated heterocycles. The molecular weight excluding hydrogens is 258 g/mol. The molecule has 0 fully saturated rings. The predicted octanol–water partition coefficient (Wildman–Crippen LogP) is 2.81. The van der Waals surface area contributed by atoms with Crippen LogP contribution in [0.1, 0.15) is 27.0 Å². The van der Waals surface area contributed by atoms with Crippen molar-refractivity contribution in [1.29, 1.82) is 0 Å². The molecule has 0 radical (unpaired) electrons. The quantitative estimate of drug-likeness (QED) is 0.882. The van der Waals surface area contributed by atoms with E-state index >= 15 is 0 Å². The second-order valence-electron chi connectivity index (χ2n) is 4.16. The van der Waals surface area contributed by atoms with Gasteiger partial charge in [0.25, 0.3) is 5.91 Å². The van der Waals surface area contributed by atoms with Crippen molar-refractivity contribution >= 4 is 23.1 Å². The average Bonchev–Trinajstić information content (AvgIpc) is 2.82. The second kappa shape index (κ2) is 6.33. The monoisotopic (exact) mass is 275 g/mol. The summed E-state index contributed by atoms with van der Waals surface area (Å²) < 4.78 is 0. The summed E-state index contributed by atoms with van der Waals surface area (Å²) in [7, 11) is 0. The fourth-order valence-electron chi connectivity index (χ4n) is 1.70. The van der Waals surface area contributed by atoms with Crippen molar-refractivity contribution in [3.05, 3.63) is 45.8 Å². The molecular formula is C14H17N3OS. The molecule has 2 aromatic heterocycles. The second-order valence-corrected chi connectivity index (χ2v) is 5.53.